The van der Waals surface area contributed by atoms with Gasteiger partial charge in [-0.05, 0) is 36.6 Å². The maximum atomic E-state index is 11.3. The first-order valence-corrected chi connectivity index (χ1v) is 8.53. The third-order valence-electron chi connectivity index (χ3n) is 4.98. The van der Waals surface area contributed by atoms with Crippen molar-refractivity contribution < 1.29 is 9.90 Å². The molecule has 0 atom stereocenters. The number of benzene rings is 2. The molecule has 1 heterocycles. The van der Waals surface area contributed by atoms with Gasteiger partial charge in [-0.3, -0.25) is 0 Å². The van der Waals surface area contributed by atoms with Gasteiger partial charge in [-0.15, -0.1) is 0 Å². The van der Waals surface area contributed by atoms with E-state index < -0.39 is 5.97 Å². The van der Waals surface area contributed by atoms with Gasteiger partial charge in [-0.25, -0.2) is 9.48 Å². The SMILES string of the molecule is O=C(O)c1ccc2c(CC3CCCC3)n(-c3ccccc3)nc2c1. The van der Waals surface area contributed by atoms with Crippen LogP contribution in [0.25, 0.3) is 16.6 Å². The van der Waals surface area contributed by atoms with E-state index in [9.17, 15) is 9.90 Å². The van der Waals surface area contributed by atoms with Crippen LogP contribution in [0.5, 0.6) is 0 Å². The third kappa shape index (κ3) is 2.68. The Morgan fingerprint density at radius 3 is 2.58 bits per heavy atom. The van der Waals surface area contributed by atoms with Crippen molar-refractivity contribution >= 4 is 16.9 Å². The summed E-state index contributed by atoms with van der Waals surface area (Å²) in [7, 11) is 0. The van der Waals surface area contributed by atoms with Gasteiger partial charge in [0, 0.05) is 5.39 Å². The Labute approximate surface area is 140 Å². The number of carboxylic acid groups (broad SMARTS) is 1. The minimum Gasteiger partial charge on any atom is -0.478 e. The first kappa shape index (κ1) is 14.9. The summed E-state index contributed by atoms with van der Waals surface area (Å²) in [5.41, 5.74) is 3.26. The molecule has 1 aromatic heterocycles. The molecule has 0 bridgehead atoms. The van der Waals surface area contributed by atoms with E-state index in [1.165, 1.54) is 31.4 Å². The highest BCUT2D eigenvalue weighted by Gasteiger charge is 2.21. The monoisotopic (exact) mass is 320 g/mol. The summed E-state index contributed by atoms with van der Waals surface area (Å²) >= 11 is 0. The lowest BCUT2D eigenvalue weighted by Gasteiger charge is -2.12. The van der Waals surface area contributed by atoms with E-state index in [4.69, 9.17) is 5.10 Å². The van der Waals surface area contributed by atoms with E-state index in [-0.39, 0.29) is 5.56 Å². The number of aromatic carboxylic acids is 1. The van der Waals surface area contributed by atoms with Crippen molar-refractivity contribution in [1.29, 1.82) is 0 Å². The summed E-state index contributed by atoms with van der Waals surface area (Å²) in [6.45, 7) is 0. The zero-order chi connectivity index (χ0) is 16.5. The number of para-hydroxylation sites is 1. The predicted octanol–water partition coefficient (Wildman–Crippen LogP) is 4.46. The minimum absolute atomic E-state index is 0.285. The first-order chi connectivity index (χ1) is 11.7. The average molecular weight is 320 g/mol. The molecule has 1 aliphatic rings. The largest absolute Gasteiger partial charge is 0.478 e. The highest BCUT2D eigenvalue weighted by Crippen LogP contribution is 2.32. The summed E-state index contributed by atoms with van der Waals surface area (Å²) in [6.07, 6.45) is 6.16. The van der Waals surface area contributed by atoms with Crippen LogP contribution in [0, 0.1) is 5.92 Å². The highest BCUT2D eigenvalue weighted by molar-refractivity contribution is 5.94. The number of rotatable bonds is 4. The van der Waals surface area contributed by atoms with Gasteiger partial charge in [0.25, 0.3) is 0 Å². The zero-order valence-electron chi connectivity index (χ0n) is 13.5. The highest BCUT2D eigenvalue weighted by atomic mass is 16.4. The van der Waals surface area contributed by atoms with Crippen molar-refractivity contribution in [2.75, 3.05) is 0 Å². The Balaban J connectivity index is 1.86. The second-order valence-corrected chi connectivity index (χ2v) is 6.59. The molecule has 4 heteroatoms. The fourth-order valence-corrected chi connectivity index (χ4v) is 3.74. The summed E-state index contributed by atoms with van der Waals surface area (Å²) in [5.74, 6) is -0.213. The lowest BCUT2D eigenvalue weighted by Crippen LogP contribution is -2.07. The van der Waals surface area contributed by atoms with Gasteiger partial charge in [0.2, 0.25) is 0 Å². The van der Waals surface area contributed by atoms with Crippen LogP contribution >= 0.6 is 0 Å². The lowest BCUT2D eigenvalue weighted by molar-refractivity contribution is 0.0697. The molecule has 1 saturated carbocycles. The summed E-state index contributed by atoms with van der Waals surface area (Å²) in [4.78, 5) is 11.3. The average Bonchev–Trinajstić information content (AvgIpc) is 3.24. The van der Waals surface area contributed by atoms with Crippen molar-refractivity contribution in [2.24, 2.45) is 5.92 Å². The van der Waals surface area contributed by atoms with Crippen molar-refractivity contribution in [3.8, 4) is 5.69 Å². The molecule has 0 aliphatic heterocycles. The summed E-state index contributed by atoms with van der Waals surface area (Å²) in [6, 6.07) is 15.4. The molecule has 0 radical (unpaired) electrons. The molecule has 0 saturated heterocycles. The van der Waals surface area contributed by atoms with Gasteiger partial charge < -0.3 is 5.11 Å². The molecule has 0 unspecified atom stereocenters. The quantitative estimate of drug-likeness (QED) is 0.772. The number of carbonyl (C=O) groups is 1. The van der Waals surface area contributed by atoms with Crippen molar-refractivity contribution in [2.45, 2.75) is 32.1 Å². The summed E-state index contributed by atoms with van der Waals surface area (Å²) in [5, 5.41) is 15.0. The molecule has 2 aromatic carbocycles. The molecule has 3 aromatic rings. The fourth-order valence-electron chi connectivity index (χ4n) is 3.74. The van der Waals surface area contributed by atoms with Crippen molar-refractivity contribution in [3.05, 3.63) is 59.8 Å². The normalized spacial score (nSPS) is 15.2. The van der Waals surface area contributed by atoms with E-state index in [2.05, 4.69) is 0 Å². The molecule has 4 rings (SSSR count). The molecule has 24 heavy (non-hydrogen) atoms. The topological polar surface area (TPSA) is 55.1 Å². The van der Waals surface area contributed by atoms with Crippen LogP contribution in [0.3, 0.4) is 0 Å². The van der Waals surface area contributed by atoms with Gasteiger partial charge in [-0.2, -0.15) is 5.10 Å². The molecule has 4 nitrogen and oxygen atoms in total. The standard InChI is InChI=1S/C20H20N2O2/c23-20(24)15-10-11-17-18(13-15)21-22(16-8-2-1-3-9-16)19(17)12-14-6-4-5-7-14/h1-3,8-11,13-14H,4-7,12H2,(H,23,24). The maximum Gasteiger partial charge on any atom is 0.335 e. The predicted molar refractivity (Wildman–Crippen MR) is 93.7 cm³/mol. The number of aromatic nitrogens is 2. The molecule has 0 amide bonds. The number of carboxylic acids is 1. The maximum absolute atomic E-state index is 11.3. The van der Waals surface area contributed by atoms with Crippen LogP contribution in [0.4, 0.5) is 0 Å². The van der Waals surface area contributed by atoms with E-state index in [1.807, 2.05) is 41.1 Å². The third-order valence-corrected chi connectivity index (χ3v) is 4.98. The van der Waals surface area contributed by atoms with Gasteiger partial charge >= 0.3 is 5.97 Å². The van der Waals surface area contributed by atoms with Gasteiger partial charge in [0.15, 0.2) is 0 Å². The van der Waals surface area contributed by atoms with E-state index in [0.29, 0.717) is 5.92 Å². The van der Waals surface area contributed by atoms with E-state index in [0.717, 1.165) is 23.0 Å². The molecule has 0 spiro atoms. The van der Waals surface area contributed by atoms with E-state index >= 15 is 0 Å². The Morgan fingerprint density at radius 1 is 1.12 bits per heavy atom. The number of nitrogens with zero attached hydrogens (tertiary/aromatic N) is 2. The van der Waals surface area contributed by atoms with Gasteiger partial charge in [-0.1, -0.05) is 49.9 Å². The second kappa shape index (κ2) is 6.11. The Kier molecular flexibility index (Phi) is 3.81. The van der Waals surface area contributed by atoms with Crippen molar-refractivity contribution in [3.63, 3.8) is 0 Å². The summed E-state index contributed by atoms with van der Waals surface area (Å²) < 4.78 is 1.99. The number of fused-ring (bicyclic) bond motifs is 1. The van der Waals surface area contributed by atoms with Crippen LogP contribution in [-0.4, -0.2) is 20.9 Å². The zero-order valence-corrected chi connectivity index (χ0v) is 13.5. The number of hydrogen-bond donors (Lipinski definition) is 1. The molecular formula is C20H20N2O2. The second-order valence-electron chi connectivity index (χ2n) is 6.59. The smallest absolute Gasteiger partial charge is 0.335 e. The first-order valence-electron chi connectivity index (χ1n) is 8.53. The molecule has 122 valence electrons. The van der Waals surface area contributed by atoms with Crippen LogP contribution in [0.2, 0.25) is 0 Å². The van der Waals surface area contributed by atoms with Crippen LogP contribution in [-0.2, 0) is 6.42 Å². The lowest BCUT2D eigenvalue weighted by atomic mass is 9.99. The van der Waals surface area contributed by atoms with Crippen LogP contribution in [0.15, 0.2) is 48.5 Å². The van der Waals surface area contributed by atoms with Crippen LogP contribution in [0.1, 0.15) is 41.7 Å². The molecular weight excluding hydrogens is 300 g/mol. The molecule has 1 fully saturated rings. The van der Waals surface area contributed by atoms with Gasteiger partial charge in [0.1, 0.15) is 0 Å². The molecule has 1 aliphatic carbocycles. The van der Waals surface area contributed by atoms with Gasteiger partial charge in [0.05, 0.1) is 22.5 Å². The Morgan fingerprint density at radius 2 is 1.88 bits per heavy atom. The van der Waals surface area contributed by atoms with Crippen LogP contribution < -0.4 is 0 Å². The Hall–Kier alpha value is -2.62. The van der Waals surface area contributed by atoms with E-state index in [1.54, 1.807) is 12.1 Å². The Bertz CT molecular complexity index is 877. The van der Waals surface area contributed by atoms with Crippen molar-refractivity contribution in [1.82, 2.24) is 9.78 Å². The fraction of sp³-hybridized carbons (Fsp3) is 0.300. The molecule has 1 N–H and O–H groups in total. The minimum atomic E-state index is -0.913. The number of hydrogen-bond acceptors (Lipinski definition) is 2.